The van der Waals surface area contributed by atoms with E-state index in [1.165, 1.54) is 4.90 Å². The van der Waals surface area contributed by atoms with Crippen molar-refractivity contribution in [2.24, 2.45) is 5.73 Å². The van der Waals surface area contributed by atoms with Crippen molar-refractivity contribution >= 4 is 23.8 Å². The van der Waals surface area contributed by atoms with Gasteiger partial charge in [0.2, 0.25) is 17.7 Å². The van der Waals surface area contributed by atoms with Crippen molar-refractivity contribution in [3.63, 3.8) is 0 Å². The van der Waals surface area contributed by atoms with Gasteiger partial charge in [-0.15, -0.1) is 0 Å². The molecule has 0 fully saturated rings. The van der Waals surface area contributed by atoms with Gasteiger partial charge in [0.1, 0.15) is 17.7 Å². The van der Waals surface area contributed by atoms with E-state index in [2.05, 4.69) is 10.6 Å². The maximum atomic E-state index is 14.0. The van der Waals surface area contributed by atoms with E-state index in [0.717, 1.165) is 11.1 Å². The molecule has 0 heterocycles. The maximum Gasteiger partial charge on any atom is 0.408 e. The van der Waals surface area contributed by atoms with Crippen molar-refractivity contribution in [2.75, 3.05) is 0 Å². The zero-order valence-electron chi connectivity index (χ0n) is 23.4. The van der Waals surface area contributed by atoms with E-state index in [9.17, 15) is 19.2 Å². The van der Waals surface area contributed by atoms with Crippen LogP contribution in [0.15, 0.2) is 18.2 Å². The lowest BCUT2D eigenvalue weighted by atomic mass is 9.93. The third-order valence-corrected chi connectivity index (χ3v) is 5.68. The van der Waals surface area contributed by atoms with Crippen molar-refractivity contribution in [3.05, 3.63) is 34.9 Å². The minimum absolute atomic E-state index is 0.361. The highest BCUT2D eigenvalue weighted by atomic mass is 16.6. The number of nitrogens with zero attached hydrogens (tertiary/aromatic N) is 1. The Morgan fingerprint density at radius 3 is 2.11 bits per heavy atom. The molecule has 0 bridgehead atoms. The number of nitrogens with one attached hydrogen (secondary N) is 2. The zero-order chi connectivity index (χ0) is 28.0. The average Bonchev–Trinajstić information content (AvgIpc) is 2.69. The van der Waals surface area contributed by atoms with Crippen LogP contribution >= 0.6 is 0 Å². The van der Waals surface area contributed by atoms with Gasteiger partial charge in [-0.3, -0.25) is 14.4 Å². The third-order valence-electron chi connectivity index (χ3n) is 5.68. The second-order valence-corrected chi connectivity index (χ2v) is 11.3. The summed E-state index contributed by atoms with van der Waals surface area (Å²) in [4.78, 5) is 53.6. The Morgan fingerprint density at radius 1 is 1.06 bits per heavy atom. The van der Waals surface area contributed by atoms with Crippen molar-refractivity contribution < 1.29 is 23.9 Å². The molecule has 9 nitrogen and oxygen atoms in total. The predicted molar refractivity (Wildman–Crippen MR) is 140 cm³/mol. The second-order valence-electron chi connectivity index (χ2n) is 11.3. The topological polar surface area (TPSA) is 131 Å². The molecular formula is C27H44N4O5. The number of carbonyl (C=O) groups excluding carboxylic acids is 4. The van der Waals surface area contributed by atoms with E-state index >= 15 is 0 Å². The highest BCUT2D eigenvalue weighted by Gasteiger charge is 2.40. The van der Waals surface area contributed by atoms with Gasteiger partial charge in [0.15, 0.2) is 0 Å². The van der Waals surface area contributed by atoms with E-state index in [-0.39, 0.29) is 5.91 Å². The number of nitrogens with two attached hydrogens (primary N) is 1. The van der Waals surface area contributed by atoms with Crippen LogP contribution in [0, 0.1) is 13.8 Å². The summed E-state index contributed by atoms with van der Waals surface area (Å²) in [5.41, 5.74) is 6.58. The number of amides is 4. The first-order chi connectivity index (χ1) is 16.4. The molecule has 4 N–H and O–H groups in total. The first kappa shape index (κ1) is 30.9. The van der Waals surface area contributed by atoms with Crippen LogP contribution in [0.25, 0.3) is 0 Å². The minimum atomic E-state index is -1.30. The number of ether oxygens (including phenoxy) is 1. The molecule has 4 amide bonds. The van der Waals surface area contributed by atoms with Crippen molar-refractivity contribution in [1.29, 1.82) is 0 Å². The number of hydrogen-bond acceptors (Lipinski definition) is 5. The fourth-order valence-corrected chi connectivity index (χ4v) is 3.75. The Hall–Kier alpha value is -3.10. The summed E-state index contributed by atoms with van der Waals surface area (Å²) >= 11 is 0. The quantitative estimate of drug-likeness (QED) is 0.472. The van der Waals surface area contributed by atoms with E-state index in [1.54, 1.807) is 20.8 Å². The molecule has 1 rings (SSSR count). The molecular weight excluding hydrogens is 460 g/mol. The molecule has 1 aromatic rings. The van der Waals surface area contributed by atoms with Crippen LogP contribution in [0.1, 0.15) is 91.0 Å². The first-order valence-corrected chi connectivity index (χ1v) is 12.4. The summed E-state index contributed by atoms with van der Waals surface area (Å²) in [6, 6.07) is 2.90. The second kappa shape index (κ2) is 12.2. The van der Waals surface area contributed by atoms with Crippen LogP contribution < -0.4 is 16.4 Å². The van der Waals surface area contributed by atoms with Gasteiger partial charge in [0, 0.05) is 11.6 Å². The average molecular weight is 505 g/mol. The van der Waals surface area contributed by atoms with Gasteiger partial charge in [-0.2, -0.15) is 0 Å². The maximum absolute atomic E-state index is 14.0. The number of benzene rings is 1. The van der Waals surface area contributed by atoms with Crippen molar-refractivity contribution in [3.8, 4) is 0 Å². The van der Waals surface area contributed by atoms with Gasteiger partial charge in [0.05, 0.1) is 6.42 Å². The fraction of sp³-hybridized carbons (Fsp3) is 0.630. The lowest BCUT2D eigenvalue weighted by Gasteiger charge is -2.39. The Bertz CT molecular complexity index is 962. The summed E-state index contributed by atoms with van der Waals surface area (Å²) in [5, 5.41) is 5.49. The molecule has 202 valence electrons. The molecule has 0 radical (unpaired) electrons. The highest BCUT2D eigenvalue weighted by Crippen LogP contribution is 2.30. The van der Waals surface area contributed by atoms with Crippen molar-refractivity contribution in [1.82, 2.24) is 15.5 Å². The van der Waals surface area contributed by atoms with E-state index in [0.29, 0.717) is 12.0 Å². The molecule has 0 aliphatic heterocycles. The highest BCUT2D eigenvalue weighted by molar-refractivity contribution is 5.95. The van der Waals surface area contributed by atoms with Crippen LogP contribution in [0.3, 0.4) is 0 Å². The third kappa shape index (κ3) is 9.17. The smallest absolute Gasteiger partial charge is 0.408 e. The van der Waals surface area contributed by atoms with Gasteiger partial charge in [-0.1, -0.05) is 25.1 Å². The number of primary amides is 1. The van der Waals surface area contributed by atoms with E-state index < -0.39 is 53.6 Å². The van der Waals surface area contributed by atoms with Crippen LogP contribution in [-0.2, 0) is 19.1 Å². The molecule has 0 aliphatic carbocycles. The number of aryl methyl sites for hydroxylation is 1. The predicted octanol–water partition coefficient (Wildman–Crippen LogP) is 3.66. The summed E-state index contributed by atoms with van der Waals surface area (Å²) < 4.78 is 5.31. The summed E-state index contributed by atoms with van der Waals surface area (Å²) in [5.74, 6) is -1.72. The van der Waals surface area contributed by atoms with Crippen molar-refractivity contribution in [2.45, 2.75) is 111 Å². The number of carbonyl (C=O) groups is 4. The van der Waals surface area contributed by atoms with Crippen LogP contribution in [-0.4, -0.2) is 51.9 Å². The van der Waals surface area contributed by atoms with Gasteiger partial charge in [-0.25, -0.2) is 4.79 Å². The van der Waals surface area contributed by atoms with Crippen LogP contribution in [0.4, 0.5) is 4.79 Å². The lowest BCUT2D eigenvalue weighted by Crippen LogP contribution is -2.57. The summed E-state index contributed by atoms with van der Waals surface area (Å²) in [6.45, 7) is 18.2. The van der Waals surface area contributed by atoms with Crippen LogP contribution in [0.5, 0.6) is 0 Å². The first-order valence-electron chi connectivity index (χ1n) is 12.4. The van der Waals surface area contributed by atoms with E-state index in [4.69, 9.17) is 10.5 Å². The largest absolute Gasteiger partial charge is 0.444 e. The summed E-state index contributed by atoms with van der Waals surface area (Å²) in [6.07, 6.45) is -0.759. The molecule has 36 heavy (non-hydrogen) atoms. The van der Waals surface area contributed by atoms with Gasteiger partial charge < -0.3 is 26.0 Å². The number of hydrogen-bond donors (Lipinski definition) is 3. The molecule has 0 spiro atoms. The fourth-order valence-electron chi connectivity index (χ4n) is 3.75. The Balaban J connectivity index is 3.67. The Kier molecular flexibility index (Phi) is 10.5. The number of alkyl carbamates (subject to hydrolysis) is 1. The molecule has 3 unspecified atom stereocenters. The molecule has 0 saturated heterocycles. The van der Waals surface area contributed by atoms with Gasteiger partial charge in [0.25, 0.3) is 0 Å². The molecule has 0 saturated carbocycles. The SMILES string of the molecule is CCC(C)N(C(=O)C(CC(N)=O)NC(=O)OC(C)(C)C)C(C(=O)NC(C)(C)C)c1cccc(C)c1C. The molecule has 0 aromatic heterocycles. The molecule has 0 aliphatic rings. The lowest BCUT2D eigenvalue weighted by molar-refractivity contribution is -0.146. The Labute approximate surface area is 215 Å². The van der Waals surface area contributed by atoms with Gasteiger partial charge in [-0.05, 0) is 85.4 Å². The monoisotopic (exact) mass is 504 g/mol. The molecule has 1 aromatic carbocycles. The van der Waals surface area contributed by atoms with Gasteiger partial charge >= 0.3 is 6.09 Å². The molecule has 9 heteroatoms. The van der Waals surface area contributed by atoms with Crippen LogP contribution in [0.2, 0.25) is 0 Å². The zero-order valence-corrected chi connectivity index (χ0v) is 23.4. The normalized spacial score (nSPS) is 14.3. The molecule has 3 atom stereocenters. The summed E-state index contributed by atoms with van der Waals surface area (Å²) in [7, 11) is 0. The Morgan fingerprint density at radius 2 is 1.64 bits per heavy atom. The minimum Gasteiger partial charge on any atom is -0.444 e. The number of rotatable bonds is 9. The standard InChI is InChI=1S/C27H44N4O5/c1-11-17(3)31(24(34)20(15-21(28)32)29-25(35)36-27(8,9)10)22(23(33)30-26(5,6)7)19-14-12-13-16(2)18(19)4/h12-14,17,20,22H,11,15H2,1-10H3,(H2,28,32)(H,29,35)(H,30,33). The van der Waals surface area contributed by atoms with E-state index in [1.807, 2.05) is 66.7 Å².